The highest BCUT2D eigenvalue weighted by Gasteiger charge is 2.22. The summed E-state index contributed by atoms with van der Waals surface area (Å²) in [7, 11) is 1.95. The molecule has 1 aliphatic rings. The van der Waals surface area contributed by atoms with Crippen molar-refractivity contribution in [2.45, 2.75) is 12.5 Å². The van der Waals surface area contributed by atoms with Crippen molar-refractivity contribution in [3.63, 3.8) is 0 Å². The second-order valence-corrected chi connectivity index (χ2v) is 5.23. The smallest absolute Gasteiger partial charge is 0.0991 e. The Hall–Kier alpha value is -2.15. The van der Waals surface area contributed by atoms with Gasteiger partial charge in [0.15, 0.2) is 0 Å². The first-order chi connectivity index (χ1) is 10.3. The molecule has 3 rings (SSSR count). The lowest BCUT2D eigenvalue weighted by atomic mass is 9.89. The lowest BCUT2D eigenvalue weighted by Crippen LogP contribution is -2.25. The van der Waals surface area contributed by atoms with Crippen molar-refractivity contribution >= 4 is 0 Å². The second kappa shape index (κ2) is 6.09. The lowest BCUT2D eigenvalue weighted by molar-refractivity contribution is 0.0440. The summed E-state index contributed by atoms with van der Waals surface area (Å²) in [6.07, 6.45) is 1.06. The minimum atomic E-state index is 0.122. The number of nitrogens with zero attached hydrogens (tertiary/aromatic N) is 1. The maximum absolute atomic E-state index is 8.91. The molecule has 0 aromatic heterocycles. The molecule has 0 saturated heterocycles. The Kier molecular flexibility index (Phi) is 4.01. The van der Waals surface area contributed by atoms with Crippen LogP contribution in [-0.4, -0.2) is 20.2 Å². The zero-order chi connectivity index (χ0) is 14.7. The maximum atomic E-state index is 8.91. The van der Waals surface area contributed by atoms with Gasteiger partial charge in [0.1, 0.15) is 0 Å². The van der Waals surface area contributed by atoms with Crippen LogP contribution in [0.1, 0.15) is 22.8 Å². The van der Waals surface area contributed by atoms with Crippen LogP contribution in [0.15, 0.2) is 42.5 Å². The van der Waals surface area contributed by atoms with Gasteiger partial charge in [-0.05, 0) is 47.9 Å². The van der Waals surface area contributed by atoms with Crippen molar-refractivity contribution in [1.82, 2.24) is 5.32 Å². The number of nitriles is 1. The quantitative estimate of drug-likeness (QED) is 0.938. The first-order valence-electron chi connectivity index (χ1n) is 7.22. The van der Waals surface area contributed by atoms with Crippen LogP contribution in [0.5, 0.6) is 0 Å². The van der Waals surface area contributed by atoms with E-state index in [1.165, 1.54) is 16.7 Å². The molecule has 0 radical (unpaired) electrons. The average Bonchev–Trinajstić information content (AvgIpc) is 2.55. The molecule has 106 valence electrons. The Morgan fingerprint density at radius 1 is 1.24 bits per heavy atom. The topological polar surface area (TPSA) is 45.0 Å². The number of fused-ring (bicyclic) bond motifs is 1. The van der Waals surface area contributed by atoms with E-state index in [2.05, 4.69) is 29.6 Å². The molecule has 2 aromatic rings. The van der Waals surface area contributed by atoms with Crippen molar-refractivity contribution in [1.29, 1.82) is 5.26 Å². The predicted octanol–water partition coefficient (Wildman–Crippen LogP) is 3.06. The van der Waals surface area contributed by atoms with Crippen LogP contribution in [0.2, 0.25) is 0 Å². The van der Waals surface area contributed by atoms with Crippen LogP contribution in [0.25, 0.3) is 11.1 Å². The van der Waals surface area contributed by atoms with E-state index in [9.17, 15) is 0 Å². The van der Waals surface area contributed by atoms with Crippen LogP contribution in [0.3, 0.4) is 0 Å². The van der Waals surface area contributed by atoms with Gasteiger partial charge >= 0.3 is 0 Å². The molecule has 0 aliphatic carbocycles. The number of likely N-dealkylation sites (N-methyl/N-ethyl adjacent to an activating group) is 1. The van der Waals surface area contributed by atoms with Crippen LogP contribution in [0.4, 0.5) is 0 Å². The van der Waals surface area contributed by atoms with E-state index in [4.69, 9.17) is 10.00 Å². The fourth-order valence-corrected chi connectivity index (χ4v) is 2.93. The monoisotopic (exact) mass is 278 g/mol. The highest BCUT2D eigenvalue weighted by atomic mass is 16.5. The summed E-state index contributed by atoms with van der Waals surface area (Å²) < 4.78 is 5.87. The molecule has 1 atom stereocenters. The normalized spacial score (nSPS) is 17.0. The Labute approximate surface area is 125 Å². The highest BCUT2D eigenvalue weighted by molar-refractivity contribution is 5.70. The van der Waals surface area contributed by atoms with Gasteiger partial charge in [-0.15, -0.1) is 0 Å². The molecule has 1 aliphatic heterocycles. The van der Waals surface area contributed by atoms with Gasteiger partial charge in [0.05, 0.1) is 24.3 Å². The molecule has 3 nitrogen and oxygen atoms in total. The number of hydrogen-bond donors (Lipinski definition) is 1. The largest absolute Gasteiger partial charge is 0.372 e. The summed E-state index contributed by atoms with van der Waals surface area (Å²) in [5.74, 6) is 0. The van der Waals surface area contributed by atoms with E-state index in [-0.39, 0.29) is 6.10 Å². The first-order valence-corrected chi connectivity index (χ1v) is 7.22. The van der Waals surface area contributed by atoms with Gasteiger partial charge in [0, 0.05) is 6.54 Å². The summed E-state index contributed by atoms with van der Waals surface area (Å²) in [6.45, 7) is 1.58. The van der Waals surface area contributed by atoms with E-state index < -0.39 is 0 Å². The van der Waals surface area contributed by atoms with Gasteiger partial charge in [0.2, 0.25) is 0 Å². The third-order valence-corrected chi connectivity index (χ3v) is 3.94. The number of rotatable bonds is 3. The minimum Gasteiger partial charge on any atom is -0.372 e. The molecular weight excluding hydrogens is 260 g/mol. The summed E-state index contributed by atoms with van der Waals surface area (Å²) in [5.41, 5.74) is 5.75. The molecule has 0 unspecified atom stereocenters. The predicted molar refractivity (Wildman–Crippen MR) is 82.9 cm³/mol. The van der Waals surface area contributed by atoms with Crippen molar-refractivity contribution in [3.05, 3.63) is 59.2 Å². The molecule has 0 spiro atoms. The Bertz CT molecular complexity index is 671. The van der Waals surface area contributed by atoms with Crippen molar-refractivity contribution < 1.29 is 4.74 Å². The third-order valence-electron chi connectivity index (χ3n) is 3.94. The van der Waals surface area contributed by atoms with E-state index in [0.717, 1.165) is 25.1 Å². The van der Waals surface area contributed by atoms with Crippen molar-refractivity contribution in [3.8, 4) is 17.2 Å². The fourth-order valence-electron chi connectivity index (χ4n) is 2.93. The van der Waals surface area contributed by atoms with Gasteiger partial charge in [-0.1, -0.05) is 30.3 Å². The van der Waals surface area contributed by atoms with Crippen LogP contribution in [-0.2, 0) is 11.2 Å². The molecule has 21 heavy (non-hydrogen) atoms. The van der Waals surface area contributed by atoms with E-state index in [0.29, 0.717) is 5.56 Å². The average molecular weight is 278 g/mol. The Morgan fingerprint density at radius 3 is 2.76 bits per heavy atom. The molecular formula is C18H18N2O. The number of ether oxygens (including phenoxy) is 1. The first kappa shape index (κ1) is 13.8. The van der Waals surface area contributed by atoms with Gasteiger partial charge in [0.25, 0.3) is 0 Å². The summed E-state index contributed by atoms with van der Waals surface area (Å²) >= 11 is 0. The molecule has 1 N–H and O–H groups in total. The molecule has 0 bridgehead atoms. The van der Waals surface area contributed by atoms with E-state index >= 15 is 0 Å². The summed E-state index contributed by atoms with van der Waals surface area (Å²) in [4.78, 5) is 0. The Morgan fingerprint density at radius 2 is 2.05 bits per heavy atom. The Balaban J connectivity index is 2.03. The van der Waals surface area contributed by atoms with Crippen molar-refractivity contribution in [2.75, 3.05) is 20.2 Å². The minimum absolute atomic E-state index is 0.122. The fraction of sp³-hybridized carbons (Fsp3) is 0.278. The van der Waals surface area contributed by atoms with Gasteiger partial charge < -0.3 is 10.1 Å². The lowest BCUT2D eigenvalue weighted by Gasteiger charge is -2.28. The molecule has 3 heteroatoms. The van der Waals surface area contributed by atoms with E-state index in [1.807, 2.05) is 31.3 Å². The molecule has 1 heterocycles. The van der Waals surface area contributed by atoms with Crippen LogP contribution in [0, 0.1) is 11.3 Å². The number of benzene rings is 2. The van der Waals surface area contributed by atoms with Crippen LogP contribution < -0.4 is 5.32 Å². The number of hydrogen-bond acceptors (Lipinski definition) is 3. The zero-order valence-electron chi connectivity index (χ0n) is 12.1. The van der Waals surface area contributed by atoms with Crippen molar-refractivity contribution in [2.24, 2.45) is 0 Å². The van der Waals surface area contributed by atoms with Gasteiger partial charge in [-0.3, -0.25) is 0 Å². The second-order valence-electron chi connectivity index (χ2n) is 5.23. The van der Waals surface area contributed by atoms with Gasteiger partial charge in [-0.25, -0.2) is 0 Å². The molecule has 0 fully saturated rings. The SMILES string of the molecule is CNC[C@@H]1OCCc2c(-c3ccc(C#N)cc3)cccc21. The highest BCUT2D eigenvalue weighted by Crippen LogP contribution is 2.34. The molecule has 0 saturated carbocycles. The van der Waals surface area contributed by atoms with E-state index in [1.54, 1.807) is 0 Å². The number of nitrogens with one attached hydrogen (secondary N) is 1. The van der Waals surface area contributed by atoms with Crippen LogP contribution >= 0.6 is 0 Å². The molecule has 0 amide bonds. The summed E-state index contributed by atoms with van der Waals surface area (Å²) in [6, 6.07) is 16.4. The zero-order valence-corrected chi connectivity index (χ0v) is 12.1. The standard InChI is InChI=1S/C18H18N2O/c1-20-12-18-17-4-2-3-15(16(17)9-10-21-18)14-7-5-13(11-19)6-8-14/h2-8,18,20H,9-10,12H2,1H3/t18-/m0/s1. The molecule has 2 aromatic carbocycles. The maximum Gasteiger partial charge on any atom is 0.0991 e. The summed E-state index contributed by atoms with van der Waals surface area (Å²) in [5, 5.41) is 12.1. The third kappa shape index (κ3) is 2.69. The van der Waals surface area contributed by atoms with Gasteiger partial charge in [-0.2, -0.15) is 5.26 Å².